The maximum Gasteiger partial charge on any atom is 0.417 e. The largest absolute Gasteiger partial charge is 0.443 e. The highest BCUT2D eigenvalue weighted by Gasteiger charge is 2.41. The smallest absolute Gasteiger partial charge is 0.417 e. The number of rotatable bonds is 3. The molecule has 0 aromatic carbocycles. The van der Waals surface area contributed by atoms with Gasteiger partial charge < -0.3 is 9.16 Å². The Kier molecular flexibility index (Phi) is 5.50. The predicted molar refractivity (Wildman–Crippen MR) is 89.2 cm³/mol. The number of nitrogens with zero attached hydrogens (tertiary/aromatic N) is 1. The Morgan fingerprint density at radius 2 is 1.77 bits per heavy atom. The van der Waals surface area contributed by atoms with Crippen LogP contribution in [0.4, 0.5) is 4.79 Å². The first-order chi connectivity index (χ1) is 9.74. The number of carbonyl (C=O) groups excluding carboxylic acids is 2. The molecule has 128 valence electrons. The molecule has 1 aliphatic heterocycles. The van der Waals surface area contributed by atoms with Crippen molar-refractivity contribution in [3.8, 4) is 0 Å². The van der Waals surface area contributed by atoms with E-state index in [2.05, 4.69) is 33.9 Å². The third-order valence-electron chi connectivity index (χ3n) is 4.38. The molecule has 1 aliphatic rings. The van der Waals surface area contributed by atoms with E-state index >= 15 is 0 Å². The Hall–Kier alpha value is -0.883. The van der Waals surface area contributed by atoms with Crippen molar-refractivity contribution < 1.29 is 18.8 Å². The summed E-state index contributed by atoms with van der Waals surface area (Å²) in [5, 5.41) is 0.111. The third kappa shape index (κ3) is 4.81. The summed E-state index contributed by atoms with van der Waals surface area (Å²) in [4.78, 5) is 25.6. The van der Waals surface area contributed by atoms with Gasteiger partial charge in [0.1, 0.15) is 5.60 Å². The van der Waals surface area contributed by atoms with E-state index in [4.69, 9.17) is 9.16 Å². The summed E-state index contributed by atoms with van der Waals surface area (Å²) in [6, 6.07) is 0. The van der Waals surface area contributed by atoms with Crippen LogP contribution in [0, 0.1) is 5.92 Å². The second kappa shape index (κ2) is 6.32. The minimum absolute atomic E-state index is 0.111. The molecule has 6 heteroatoms. The number of imide groups is 1. The van der Waals surface area contributed by atoms with Gasteiger partial charge in [-0.05, 0) is 45.3 Å². The van der Waals surface area contributed by atoms with Gasteiger partial charge in [0.25, 0.3) is 0 Å². The predicted octanol–water partition coefficient (Wildman–Crippen LogP) is 3.79. The zero-order chi connectivity index (χ0) is 17.3. The van der Waals surface area contributed by atoms with E-state index in [-0.39, 0.29) is 16.9 Å². The number of hydrogen-bond donors (Lipinski definition) is 0. The van der Waals surface area contributed by atoms with Crippen LogP contribution in [0.25, 0.3) is 0 Å². The van der Waals surface area contributed by atoms with Gasteiger partial charge in [-0.25, -0.2) is 9.69 Å². The van der Waals surface area contributed by atoms with E-state index in [9.17, 15) is 9.59 Å². The second-order valence-corrected chi connectivity index (χ2v) is 13.3. The maximum atomic E-state index is 12.4. The molecule has 0 aromatic rings. The van der Waals surface area contributed by atoms with E-state index < -0.39 is 20.0 Å². The average Bonchev–Trinajstić information content (AvgIpc) is 2.64. The van der Waals surface area contributed by atoms with Crippen molar-refractivity contribution in [1.29, 1.82) is 0 Å². The van der Waals surface area contributed by atoms with Crippen molar-refractivity contribution >= 4 is 20.3 Å². The third-order valence-corrected chi connectivity index (χ3v) is 8.88. The van der Waals surface area contributed by atoms with Crippen molar-refractivity contribution in [2.24, 2.45) is 5.92 Å². The maximum absolute atomic E-state index is 12.4. The minimum Gasteiger partial charge on any atom is -0.443 e. The lowest BCUT2D eigenvalue weighted by molar-refractivity contribution is -0.131. The number of hydrogen-bond acceptors (Lipinski definition) is 4. The molecule has 0 aromatic heterocycles. The molecule has 1 atom stereocenters. The molecule has 1 heterocycles. The first-order valence-corrected chi connectivity index (χ1v) is 10.8. The number of amides is 2. The molecular weight excluding hydrogens is 298 g/mol. The summed E-state index contributed by atoms with van der Waals surface area (Å²) < 4.78 is 11.4. The average molecular weight is 330 g/mol. The van der Waals surface area contributed by atoms with Crippen LogP contribution in [0.15, 0.2) is 0 Å². The van der Waals surface area contributed by atoms with Gasteiger partial charge in [0.15, 0.2) is 8.32 Å². The lowest BCUT2D eigenvalue weighted by atomic mass is 10.1. The fourth-order valence-corrected chi connectivity index (χ4v) is 2.97. The molecular formula is C16H31NO4Si. The second-order valence-electron chi connectivity index (χ2n) is 8.53. The summed E-state index contributed by atoms with van der Waals surface area (Å²) in [6.07, 6.45) is 0.0968. The minimum atomic E-state index is -1.88. The van der Waals surface area contributed by atoms with E-state index in [0.717, 1.165) is 0 Å². The van der Waals surface area contributed by atoms with Crippen molar-refractivity contribution in [1.82, 2.24) is 4.90 Å². The van der Waals surface area contributed by atoms with Crippen molar-refractivity contribution in [2.45, 2.75) is 71.7 Å². The van der Waals surface area contributed by atoms with Crippen molar-refractivity contribution in [2.75, 3.05) is 13.2 Å². The zero-order valence-electron chi connectivity index (χ0n) is 15.3. The van der Waals surface area contributed by atoms with Crippen LogP contribution in [0.1, 0.15) is 48.0 Å². The molecule has 0 radical (unpaired) electrons. The first kappa shape index (κ1) is 19.2. The van der Waals surface area contributed by atoms with Gasteiger partial charge >= 0.3 is 6.09 Å². The molecule has 22 heavy (non-hydrogen) atoms. The molecule has 0 aliphatic carbocycles. The molecule has 0 bridgehead atoms. The summed E-state index contributed by atoms with van der Waals surface area (Å²) >= 11 is 0. The fourth-order valence-electron chi connectivity index (χ4n) is 1.92. The van der Waals surface area contributed by atoms with Gasteiger partial charge in [-0.3, -0.25) is 4.79 Å². The molecule has 2 amide bonds. The Labute approximate surface area is 135 Å². The van der Waals surface area contributed by atoms with Crippen LogP contribution in [0.2, 0.25) is 18.1 Å². The van der Waals surface area contributed by atoms with Crippen LogP contribution in [-0.4, -0.2) is 44.0 Å². The summed E-state index contributed by atoms with van der Waals surface area (Å²) in [5.74, 6) is -0.408. The van der Waals surface area contributed by atoms with E-state index in [1.807, 2.05) is 0 Å². The standard InChI is InChI=1S/C16H31NO4Si/c1-15(2,3)21-14(19)17-10-9-12(13(17)18)11-20-22(7,8)16(4,5)6/h12H,9-11H2,1-8H3/t12-/m0/s1. The highest BCUT2D eigenvalue weighted by Crippen LogP contribution is 2.37. The highest BCUT2D eigenvalue weighted by molar-refractivity contribution is 6.74. The van der Waals surface area contributed by atoms with Gasteiger partial charge in [-0.1, -0.05) is 20.8 Å². The van der Waals surface area contributed by atoms with E-state index in [1.54, 1.807) is 20.8 Å². The summed E-state index contributed by atoms with van der Waals surface area (Å²) in [6.45, 7) is 17.0. The Bertz CT molecular complexity index is 434. The van der Waals surface area contributed by atoms with Crippen LogP contribution in [0.5, 0.6) is 0 Å². The topological polar surface area (TPSA) is 55.8 Å². The molecule has 0 spiro atoms. The van der Waals surface area contributed by atoms with Gasteiger partial charge in [0.05, 0.1) is 5.92 Å². The van der Waals surface area contributed by atoms with Crippen LogP contribution >= 0.6 is 0 Å². The number of carbonyl (C=O) groups is 2. The van der Waals surface area contributed by atoms with Crippen LogP contribution < -0.4 is 0 Å². The SMILES string of the molecule is CC(C)(C)OC(=O)N1CC[C@@H](CO[Si](C)(C)C(C)(C)C)C1=O. The Morgan fingerprint density at radius 3 is 2.23 bits per heavy atom. The lowest BCUT2D eigenvalue weighted by Gasteiger charge is -2.36. The fraction of sp³-hybridized carbons (Fsp3) is 0.875. The first-order valence-electron chi connectivity index (χ1n) is 7.93. The van der Waals surface area contributed by atoms with Crippen LogP contribution in [0.3, 0.4) is 0 Å². The molecule has 1 rings (SSSR count). The molecule has 0 unspecified atom stereocenters. The Morgan fingerprint density at radius 1 is 1.23 bits per heavy atom. The van der Waals surface area contributed by atoms with Crippen molar-refractivity contribution in [3.05, 3.63) is 0 Å². The molecule has 1 fully saturated rings. The summed E-state index contributed by atoms with van der Waals surface area (Å²) in [5.41, 5.74) is -0.590. The summed E-state index contributed by atoms with van der Waals surface area (Å²) in [7, 11) is -1.88. The normalized spacial score (nSPS) is 20.5. The molecule has 0 N–H and O–H groups in total. The van der Waals surface area contributed by atoms with Gasteiger partial charge in [-0.2, -0.15) is 0 Å². The molecule has 0 saturated carbocycles. The lowest BCUT2D eigenvalue weighted by Crippen LogP contribution is -2.43. The Balaban J connectivity index is 2.60. The van der Waals surface area contributed by atoms with E-state index in [0.29, 0.717) is 19.6 Å². The molecule has 5 nitrogen and oxygen atoms in total. The number of ether oxygens (including phenoxy) is 1. The number of likely N-dealkylation sites (tertiary alicyclic amines) is 1. The quantitative estimate of drug-likeness (QED) is 0.739. The molecule has 1 saturated heterocycles. The van der Waals surface area contributed by atoms with Crippen LogP contribution in [-0.2, 0) is 14.0 Å². The zero-order valence-corrected chi connectivity index (χ0v) is 16.3. The highest BCUT2D eigenvalue weighted by atomic mass is 28.4. The monoisotopic (exact) mass is 329 g/mol. The van der Waals surface area contributed by atoms with Gasteiger partial charge in [-0.15, -0.1) is 0 Å². The van der Waals surface area contributed by atoms with Crippen molar-refractivity contribution in [3.63, 3.8) is 0 Å². The van der Waals surface area contributed by atoms with Gasteiger partial charge in [0.2, 0.25) is 5.91 Å². The van der Waals surface area contributed by atoms with E-state index in [1.165, 1.54) is 4.90 Å². The van der Waals surface area contributed by atoms with Gasteiger partial charge in [0, 0.05) is 13.2 Å².